The lowest BCUT2D eigenvalue weighted by Gasteiger charge is -2.30. The van der Waals surface area contributed by atoms with Crippen LogP contribution in [0.3, 0.4) is 0 Å². The van der Waals surface area contributed by atoms with Crippen LogP contribution in [0.25, 0.3) is 0 Å². The number of aryl methyl sites for hydroxylation is 1. The van der Waals surface area contributed by atoms with Crippen molar-refractivity contribution in [1.29, 1.82) is 0 Å². The molecule has 0 aliphatic carbocycles. The van der Waals surface area contributed by atoms with E-state index in [2.05, 4.69) is 9.71 Å². The van der Waals surface area contributed by atoms with Gasteiger partial charge in [-0.25, -0.2) is 9.71 Å². The van der Waals surface area contributed by atoms with Gasteiger partial charge in [-0.3, -0.25) is 0 Å². The van der Waals surface area contributed by atoms with Gasteiger partial charge in [0.15, 0.2) is 0 Å². The number of aliphatic hydroxyl groups is 1. The first kappa shape index (κ1) is 15.8. The van der Waals surface area contributed by atoms with E-state index in [1.54, 1.807) is 11.3 Å². The number of hydrogen-bond donors (Lipinski definition) is 2. The summed E-state index contributed by atoms with van der Waals surface area (Å²) in [5.74, 6) is 0.0570. The molecule has 1 atom stereocenters. The zero-order valence-electron chi connectivity index (χ0n) is 11.6. The summed E-state index contributed by atoms with van der Waals surface area (Å²) in [7, 11) is -3.44. The van der Waals surface area contributed by atoms with Crippen LogP contribution in [0, 0.1) is 12.8 Å². The smallest absolute Gasteiger partial charge is 0.279 e. The summed E-state index contributed by atoms with van der Waals surface area (Å²) in [4.78, 5) is 4.31. The second-order valence-electron chi connectivity index (χ2n) is 5.06. The Labute approximate surface area is 124 Å². The van der Waals surface area contributed by atoms with Crippen molar-refractivity contribution in [3.05, 3.63) is 16.1 Å². The largest absolute Gasteiger partial charge is 0.396 e. The molecule has 0 bridgehead atoms. The summed E-state index contributed by atoms with van der Waals surface area (Å²) in [5, 5.41) is 12.1. The normalized spacial score (nSPS) is 21.2. The highest BCUT2D eigenvalue weighted by atomic mass is 32.2. The Morgan fingerprint density at radius 2 is 2.40 bits per heavy atom. The van der Waals surface area contributed by atoms with Gasteiger partial charge in [0, 0.05) is 38.0 Å². The Morgan fingerprint density at radius 3 is 3.05 bits per heavy atom. The Kier molecular flexibility index (Phi) is 5.50. The van der Waals surface area contributed by atoms with Crippen LogP contribution < -0.4 is 4.72 Å². The fraction of sp³-hybridized carbons (Fsp3) is 0.750. The van der Waals surface area contributed by atoms with Crippen molar-refractivity contribution in [3.8, 4) is 0 Å². The number of nitrogens with zero attached hydrogens (tertiary/aromatic N) is 2. The third-order valence-corrected chi connectivity index (χ3v) is 5.81. The minimum absolute atomic E-state index is 0.0458. The highest BCUT2D eigenvalue weighted by molar-refractivity contribution is 7.87. The second kappa shape index (κ2) is 6.95. The fourth-order valence-electron chi connectivity index (χ4n) is 2.32. The number of piperidine rings is 1. The lowest BCUT2D eigenvalue weighted by molar-refractivity contribution is 0.165. The Balaban J connectivity index is 1.84. The van der Waals surface area contributed by atoms with Crippen molar-refractivity contribution in [2.45, 2.75) is 26.2 Å². The van der Waals surface area contributed by atoms with Gasteiger partial charge in [-0.2, -0.15) is 12.7 Å². The first-order chi connectivity index (χ1) is 9.51. The molecular formula is C12H21N3O3S2. The molecule has 0 spiro atoms. The van der Waals surface area contributed by atoms with E-state index in [4.69, 9.17) is 5.11 Å². The van der Waals surface area contributed by atoms with E-state index in [1.807, 2.05) is 12.3 Å². The molecule has 0 radical (unpaired) electrons. The topological polar surface area (TPSA) is 82.5 Å². The zero-order chi connectivity index (χ0) is 14.6. The van der Waals surface area contributed by atoms with Crippen molar-refractivity contribution in [3.63, 3.8) is 0 Å². The summed E-state index contributed by atoms with van der Waals surface area (Å²) in [6, 6.07) is 0. The molecule has 1 fully saturated rings. The van der Waals surface area contributed by atoms with Crippen LogP contribution >= 0.6 is 11.3 Å². The van der Waals surface area contributed by atoms with Crippen molar-refractivity contribution in [2.75, 3.05) is 26.2 Å². The first-order valence-electron chi connectivity index (χ1n) is 6.78. The van der Waals surface area contributed by atoms with Gasteiger partial charge >= 0.3 is 0 Å². The van der Waals surface area contributed by atoms with Gasteiger partial charge in [-0.15, -0.1) is 11.3 Å². The molecule has 2 heterocycles. The molecule has 1 aliphatic heterocycles. The average Bonchev–Trinajstić information content (AvgIpc) is 2.84. The molecular weight excluding hydrogens is 298 g/mol. The Bertz CT molecular complexity index is 530. The van der Waals surface area contributed by atoms with Gasteiger partial charge in [0.25, 0.3) is 10.2 Å². The number of thiazole rings is 1. The molecule has 0 saturated carbocycles. The molecule has 1 aromatic heterocycles. The summed E-state index contributed by atoms with van der Waals surface area (Å²) in [6.45, 7) is 3.26. The van der Waals surface area contributed by atoms with Crippen molar-refractivity contribution < 1.29 is 13.5 Å². The van der Waals surface area contributed by atoms with Crippen molar-refractivity contribution in [2.24, 2.45) is 5.92 Å². The Hall–Kier alpha value is -0.540. The molecule has 20 heavy (non-hydrogen) atoms. The maximum Gasteiger partial charge on any atom is 0.279 e. The van der Waals surface area contributed by atoms with Crippen LogP contribution in [0.2, 0.25) is 0 Å². The Morgan fingerprint density at radius 1 is 1.60 bits per heavy atom. The maximum absolute atomic E-state index is 12.2. The molecule has 114 valence electrons. The summed E-state index contributed by atoms with van der Waals surface area (Å²) in [5.41, 5.74) is 0.919. The second-order valence-corrected chi connectivity index (χ2v) is 7.87. The number of hydrogen-bond acceptors (Lipinski definition) is 5. The quantitative estimate of drug-likeness (QED) is 0.801. The van der Waals surface area contributed by atoms with Gasteiger partial charge in [0.2, 0.25) is 0 Å². The lowest BCUT2D eigenvalue weighted by Crippen LogP contribution is -2.47. The molecule has 8 heteroatoms. The molecule has 2 N–H and O–H groups in total. The molecule has 2 rings (SSSR count). The van der Waals surface area contributed by atoms with Crippen molar-refractivity contribution in [1.82, 2.24) is 14.0 Å². The van der Waals surface area contributed by atoms with E-state index >= 15 is 0 Å². The summed E-state index contributed by atoms with van der Waals surface area (Å²) in [6.07, 6.45) is 2.29. The van der Waals surface area contributed by atoms with E-state index in [0.717, 1.165) is 23.5 Å². The number of aliphatic hydroxyl groups excluding tert-OH is 1. The van der Waals surface area contributed by atoms with E-state index in [0.29, 0.717) is 26.1 Å². The zero-order valence-corrected chi connectivity index (χ0v) is 13.2. The van der Waals surface area contributed by atoms with Crippen LogP contribution in [0.5, 0.6) is 0 Å². The minimum Gasteiger partial charge on any atom is -0.396 e. The van der Waals surface area contributed by atoms with E-state index in [9.17, 15) is 8.42 Å². The predicted octanol–water partition coefficient (Wildman–Crippen LogP) is 0.533. The van der Waals surface area contributed by atoms with Gasteiger partial charge < -0.3 is 5.11 Å². The third kappa shape index (κ3) is 4.23. The van der Waals surface area contributed by atoms with Gasteiger partial charge in [-0.1, -0.05) is 0 Å². The van der Waals surface area contributed by atoms with E-state index in [-0.39, 0.29) is 12.5 Å². The van der Waals surface area contributed by atoms with Gasteiger partial charge in [0.05, 0.1) is 10.7 Å². The van der Waals surface area contributed by atoms with Gasteiger partial charge in [0.1, 0.15) is 0 Å². The van der Waals surface area contributed by atoms with Crippen LogP contribution in [0.15, 0.2) is 5.38 Å². The molecule has 6 nitrogen and oxygen atoms in total. The molecule has 1 aliphatic rings. The number of aromatic nitrogens is 1. The lowest BCUT2D eigenvalue weighted by atomic mass is 10.0. The van der Waals surface area contributed by atoms with E-state index < -0.39 is 10.2 Å². The fourth-order valence-corrected chi connectivity index (χ4v) is 4.28. The van der Waals surface area contributed by atoms with E-state index in [1.165, 1.54) is 4.31 Å². The molecule has 0 aromatic carbocycles. The van der Waals surface area contributed by atoms with Crippen LogP contribution in [-0.2, 0) is 16.6 Å². The predicted molar refractivity (Wildman–Crippen MR) is 78.9 cm³/mol. The SMILES string of the molecule is Cc1nc(CCNS(=O)(=O)N2CCCC(CO)C2)cs1. The highest BCUT2D eigenvalue weighted by Crippen LogP contribution is 2.18. The molecule has 1 aromatic rings. The van der Waals surface area contributed by atoms with Crippen LogP contribution in [-0.4, -0.2) is 49.1 Å². The van der Waals surface area contributed by atoms with Crippen LogP contribution in [0.1, 0.15) is 23.5 Å². The molecule has 0 amide bonds. The monoisotopic (exact) mass is 319 g/mol. The van der Waals surface area contributed by atoms with Gasteiger partial charge in [-0.05, 0) is 25.7 Å². The van der Waals surface area contributed by atoms with Crippen molar-refractivity contribution >= 4 is 21.5 Å². The highest BCUT2D eigenvalue weighted by Gasteiger charge is 2.28. The standard InChI is InChI=1S/C12H21N3O3S2/c1-10-14-12(9-19-10)4-5-13-20(17,18)15-6-2-3-11(7-15)8-16/h9,11,13,16H,2-8H2,1H3. The maximum atomic E-state index is 12.2. The molecule has 1 unspecified atom stereocenters. The first-order valence-corrected chi connectivity index (χ1v) is 9.10. The average molecular weight is 319 g/mol. The molecule has 1 saturated heterocycles. The summed E-state index contributed by atoms with van der Waals surface area (Å²) < 4.78 is 28.4. The third-order valence-electron chi connectivity index (χ3n) is 3.41. The number of rotatable bonds is 6. The number of nitrogens with one attached hydrogen (secondary N) is 1. The van der Waals surface area contributed by atoms with Crippen LogP contribution in [0.4, 0.5) is 0 Å². The minimum atomic E-state index is -3.44. The summed E-state index contributed by atoms with van der Waals surface area (Å²) >= 11 is 1.57.